The SMILES string of the molecule is Cc1nc(NC2CCC(C)C(C)C2)cc(=O)[nH]1. The van der Waals surface area contributed by atoms with E-state index in [1.54, 1.807) is 6.92 Å². The summed E-state index contributed by atoms with van der Waals surface area (Å²) in [5, 5.41) is 3.38. The summed E-state index contributed by atoms with van der Waals surface area (Å²) < 4.78 is 0. The minimum Gasteiger partial charge on any atom is -0.367 e. The molecule has 1 fully saturated rings. The number of rotatable bonds is 2. The molecule has 1 saturated carbocycles. The van der Waals surface area contributed by atoms with E-state index in [-0.39, 0.29) is 5.56 Å². The normalized spacial score (nSPS) is 29.0. The molecule has 4 heteroatoms. The summed E-state index contributed by atoms with van der Waals surface area (Å²) in [6.07, 6.45) is 3.58. The van der Waals surface area contributed by atoms with Gasteiger partial charge in [0.2, 0.25) is 0 Å². The van der Waals surface area contributed by atoms with E-state index in [0.29, 0.717) is 17.7 Å². The van der Waals surface area contributed by atoms with Gasteiger partial charge < -0.3 is 10.3 Å². The summed E-state index contributed by atoms with van der Waals surface area (Å²) in [6, 6.07) is 1.99. The highest BCUT2D eigenvalue weighted by Crippen LogP contribution is 2.30. The lowest BCUT2D eigenvalue weighted by Gasteiger charge is -2.32. The second kappa shape index (κ2) is 4.90. The van der Waals surface area contributed by atoms with Crippen LogP contribution in [0.3, 0.4) is 0 Å². The molecule has 3 unspecified atom stereocenters. The van der Waals surface area contributed by atoms with Crippen molar-refractivity contribution < 1.29 is 0 Å². The van der Waals surface area contributed by atoms with Crippen LogP contribution in [0.25, 0.3) is 0 Å². The molecule has 4 nitrogen and oxygen atoms in total. The van der Waals surface area contributed by atoms with Gasteiger partial charge in [-0.1, -0.05) is 13.8 Å². The van der Waals surface area contributed by atoms with E-state index < -0.39 is 0 Å². The van der Waals surface area contributed by atoms with Crippen molar-refractivity contribution in [3.05, 3.63) is 22.2 Å². The van der Waals surface area contributed by atoms with Crippen LogP contribution in [-0.4, -0.2) is 16.0 Å². The number of nitrogens with one attached hydrogen (secondary N) is 2. The van der Waals surface area contributed by atoms with Gasteiger partial charge in [0, 0.05) is 12.1 Å². The summed E-state index contributed by atoms with van der Waals surface area (Å²) in [4.78, 5) is 18.3. The van der Waals surface area contributed by atoms with Gasteiger partial charge in [-0.3, -0.25) is 4.79 Å². The number of aromatic nitrogens is 2. The largest absolute Gasteiger partial charge is 0.367 e. The molecule has 0 radical (unpaired) electrons. The first kappa shape index (κ1) is 12.1. The molecule has 94 valence electrons. The molecule has 0 aromatic carbocycles. The lowest BCUT2D eigenvalue weighted by Crippen LogP contribution is -2.31. The third-order valence-corrected chi connectivity index (χ3v) is 3.81. The zero-order chi connectivity index (χ0) is 12.4. The molecule has 0 saturated heterocycles. The van der Waals surface area contributed by atoms with Crippen molar-refractivity contribution in [2.45, 2.75) is 46.1 Å². The topological polar surface area (TPSA) is 57.8 Å². The van der Waals surface area contributed by atoms with Crippen LogP contribution in [0.1, 0.15) is 38.9 Å². The van der Waals surface area contributed by atoms with Crippen LogP contribution in [0.2, 0.25) is 0 Å². The van der Waals surface area contributed by atoms with Crippen LogP contribution >= 0.6 is 0 Å². The van der Waals surface area contributed by atoms with Gasteiger partial charge in [-0.2, -0.15) is 0 Å². The highest BCUT2D eigenvalue weighted by Gasteiger charge is 2.24. The smallest absolute Gasteiger partial charge is 0.252 e. The maximum atomic E-state index is 11.3. The van der Waals surface area contributed by atoms with Gasteiger partial charge in [-0.05, 0) is 38.0 Å². The van der Waals surface area contributed by atoms with Crippen LogP contribution in [0.5, 0.6) is 0 Å². The molecule has 1 heterocycles. The number of hydrogen-bond donors (Lipinski definition) is 2. The lowest BCUT2D eigenvalue weighted by atomic mass is 9.79. The van der Waals surface area contributed by atoms with E-state index >= 15 is 0 Å². The molecule has 1 aromatic heterocycles. The van der Waals surface area contributed by atoms with Crippen LogP contribution in [-0.2, 0) is 0 Å². The van der Waals surface area contributed by atoms with E-state index in [1.165, 1.54) is 18.9 Å². The van der Waals surface area contributed by atoms with Crippen molar-refractivity contribution in [3.63, 3.8) is 0 Å². The number of H-pyrrole nitrogens is 1. The number of aromatic amines is 1. The Morgan fingerprint density at radius 2 is 2.12 bits per heavy atom. The van der Waals surface area contributed by atoms with Gasteiger partial charge >= 0.3 is 0 Å². The number of nitrogens with zero attached hydrogens (tertiary/aromatic N) is 1. The standard InChI is InChI=1S/C13H21N3O/c1-8-4-5-11(6-9(8)2)16-12-7-13(17)15-10(3)14-12/h7-9,11H,4-6H2,1-3H3,(H2,14,15,16,17). The monoisotopic (exact) mass is 235 g/mol. The van der Waals surface area contributed by atoms with Crippen molar-refractivity contribution in [1.29, 1.82) is 0 Å². The Bertz CT molecular complexity index is 441. The third kappa shape index (κ3) is 3.08. The molecular formula is C13H21N3O. The molecule has 3 atom stereocenters. The molecule has 0 aliphatic heterocycles. The first-order chi connectivity index (χ1) is 8.04. The number of anilines is 1. The molecule has 2 N–H and O–H groups in total. The van der Waals surface area contributed by atoms with Gasteiger partial charge in [0.1, 0.15) is 11.6 Å². The molecule has 1 aliphatic rings. The van der Waals surface area contributed by atoms with Crippen LogP contribution in [0, 0.1) is 18.8 Å². The Labute approximate surface area is 102 Å². The van der Waals surface area contributed by atoms with Crippen molar-refractivity contribution >= 4 is 5.82 Å². The molecule has 17 heavy (non-hydrogen) atoms. The first-order valence-electron chi connectivity index (χ1n) is 6.39. The van der Waals surface area contributed by atoms with E-state index in [2.05, 4.69) is 29.1 Å². The fourth-order valence-electron chi connectivity index (χ4n) is 2.54. The molecule has 2 rings (SSSR count). The minimum absolute atomic E-state index is 0.0859. The van der Waals surface area contributed by atoms with Crippen molar-refractivity contribution in [2.24, 2.45) is 11.8 Å². The molecular weight excluding hydrogens is 214 g/mol. The van der Waals surface area contributed by atoms with Crippen LogP contribution in [0.4, 0.5) is 5.82 Å². The van der Waals surface area contributed by atoms with Crippen LogP contribution < -0.4 is 10.9 Å². The van der Waals surface area contributed by atoms with Gasteiger partial charge in [-0.25, -0.2) is 4.98 Å². The van der Waals surface area contributed by atoms with Gasteiger partial charge in [0.15, 0.2) is 0 Å². The van der Waals surface area contributed by atoms with Gasteiger partial charge in [-0.15, -0.1) is 0 Å². The van der Waals surface area contributed by atoms with E-state index in [0.717, 1.165) is 18.3 Å². The minimum atomic E-state index is -0.0859. The Morgan fingerprint density at radius 1 is 1.35 bits per heavy atom. The summed E-state index contributed by atoms with van der Waals surface area (Å²) in [5.41, 5.74) is -0.0859. The Kier molecular flexibility index (Phi) is 3.50. The van der Waals surface area contributed by atoms with E-state index in [1.807, 2.05) is 0 Å². The number of hydrogen-bond acceptors (Lipinski definition) is 3. The molecule has 0 bridgehead atoms. The third-order valence-electron chi connectivity index (χ3n) is 3.81. The lowest BCUT2D eigenvalue weighted by molar-refractivity contribution is 0.260. The van der Waals surface area contributed by atoms with Crippen molar-refractivity contribution in [2.75, 3.05) is 5.32 Å². The Morgan fingerprint density at radius 3 is 2.76 bits per heavy atom. The average Bonchev–Trinajstić information content (AvgIpc) is 2.22. The number of aryl methyl sites for hydroxylation is 1. The molecule has 1 aliphatic carbocycles. The second-order valence-corrected chi connectivity index (χ2v) is 5.32. The summed E-state index contributed by atoms with van der Waals surface area (Å²) in [6.45, 7) is 6.42. The van der Waals surface area contributed by atoms with Crippen molar-refractivity contribution in [3.8, 4) is 0 Å². The highest BCUT2D eigenvalue weighted by atomic mass is 16.1. The van der Waals surface area contributed by atoms with Crippen LogP contribution in [0.15, 0.2) is 10.9 Å². The molecule has 0 amide bonds. The molecule has 0 spiro atoms. The van der Waals surface area contributed by atoms with Gasteiger partial charge in [0.25, 0.3) is 5.56 Å². The predicted octanol–water partition coefficient (Wildman–Crippen LogP) is 2.31. The van der Waals surface area contributed by atoms with Gasteiger partial charge in [0.05, 0.1) is 0 Å². The average molecular weight is 235 g/mol. The summed E-state index contributed by atoms with van der Waals surface area (Å²) >= 11 is 0. The maximum Gasteiger partial charge on any atom is 0.252 e. The highest BCUT2D eigenvalue weighted by molar-refractivity contribution is 5.34. The maximum absolute atomic E-state index is 11.3. The Balaban J connectivity index is 2.03. The van der Waals surface area contributed by atoms with Crippen molar-refractivity contribution in [1.82, 2.24) is 9.97 Å². The quantitative estimate of drug-likeness (QED) is 0.827. The first-order valence-corrected chi connectivity index (χ1v) is 6.39. The molecule has 1 aromatic rings. The fraction of sp³-hybridized carbons (Fsp3) is 0.692. The van der Waals surface area contributed by atoms with E-state index in [4.69, 9.17) is 0 Å². The predicted molar refractivity (Wildman–Crippen MR) is 69.2 cm³/mol. The zero-order valence-electron chi connectivity index (χ0n) is 10.8. The van der Waals surface area contributed by atoms with E-state index in [9.17, 15) is 4.79 Å². The summed E-state index contributed by atoms with van der Waals surface area (Å²) in [5.74, 6) is 2.92. The Hall–Kier alpha value is -1.32. The second-order valence-electron chi connectivity index (χ2n) is 5.32. The fourth-order valence-corrected chi connectivity index (χ4v) is 2.54. The summed E-state index contributed by atoms with van der Waals surface area (Å²) in [7, 11) is 0. The zero-order valence-corrected chi connectivity index (χ0v) is 10.8.